The highest BCUT2D eigenvalue weighted by Gasteiger charge is 2.50. The third-order valence-electron chi connectivity index (χ3n) is 5.40. The third-order valence-corrected chi connectivity index (χ3v) is 10.4. The molecular formula is C26H34O4Si. The average Bonchev–Trinajstić information content (AvgIpc) is 2.74. The second kappa shape index (κ2) is 11.3. The van der Waals surface area contributed by atoms with Crippen LogP contribution in [0.15, 0.2) is 60.7 Å². The van der Waals surface area contributed by atoms with E-state index in [1.54, 1.807) is 0 Å². The molecule has 2 atom stereocenters. The van der Waals surface area contributed by atoms with Crippen molar-refractivity contribution in [1.29, 1.82) is 0 Å². The summed E-state index contributed by atoms with van der Waals surface area (Å²) in [4.78, 5) is 10.8. The molecule has 0 saturated carbocycles. The van der Waals surface area contributed by atoms with Crippen LogP contribution in [0.2, 0.25) is 5.04 Å². The van der Waals surface area contributed by atoms with E-state index in [9.17, 15) is 9.90 Å². The number of rotatable bonds is 8. The lowest BCUT2D eigenvalue weighted by atomic mass is 10.0. The standard InChI is InChI=1S/C26H34O4Si/c1-21(13-12-19-29-22(2)27)25(28)18-20-30-31(26(3,4)5,23-14-8-6-9-15-23)24-16-10-7-11-17-24/h6-11,14-17,21,25,28H,18-20H2,1-5H3/t21-,25+/m1/s1. The van der Waals surface area contributed by atoms with E-state index in [1.807, 2.05) is 19.1 Å². The molecule has 0 aliphatic rings. The topological polar surface area (TPSA) is 55.8 Å². The number of hydrogen-bond donors (Lipinski definition) is 1. The number of aliphatic hydroxyl groups excluding tert-OH is 1. The largest absolute Gasteiger partial charge is 0.453 e. The molecule has 0 spiro atoms. The van der Waals surface area contributed by atoms with Crippen molar-refractivity contribution in [3.05, 3.63) is 60.7 Å². The van der Waals surface area contributed by atoms with Gasteiger partial charge in [-0.1, -0.05) is 93.3 Å². The van der Waals surface area contributed by atoms with Crippen LogP contribution in [0.25, 0.3) is 0 Å². The first-order valence-corrected chi connectivity index (χ1v) is 12.6. The van der Waals surface area contributed by atoms with Crippen LogP contribution in [-0.2, 0) is 14.0 Å². The summed E-state index contributed by atoms with van der Waals surface area (Å²) in [6.45, 7) is 10.4. The number of carbonyl (C=O) groups excluding carboxylic acids is 1. The van der Waals surface area contributed by atoms with E-state index >= 15 is 0 Å². The van der Waals surface area contributed by atoms with Crippen LogP contribution in [0.5, 0.6) is 0 Å². The smallest absolute Gasteiger partial charge is 0.303 e. The highest BCUT2D eigenvalue weighted by Crippen LogP contribution is 2.36. The molecule has 5 heteroatoms. The van der Waals surface area contributed by atoms with Gasteiger partial charge >= 0.3 is 5.97 Å². The fourth-order valence-electron chi connectivity index (χ4n) is 3.78. The molecule has 31 heavy (non-hydrogen) atoms. The van der Waals surface area contributed by atoms with E-state index in [2.05, 4.69) is 81.1 Å². The van der Waals surface area contributed by atoms with Crippen LogP contribution < -0.4 is 10.4 Å². The lowest BCUT2D eigenvalue weighted by Gasteiger charge is -2.43. The maximum absolute atomic E-state index is 10.8. The molecule has 0 unspecified atom stereocenters. The summed E-state index contributed by atoms with van der Waals surface area (Å²) >= 11 is 0. The maximum atomic E-state index is 10.8. The molecule has 0 radical (unpaired) electrons. The predicted molar refractivity (Wildman–Crippen MR) is 128 cm³/mol. The van der Waals surface area contributed by atoms with Crippen molar-refractivity contribution in [1.82, 2.24) is 0 Å². The molecule has 0 aromatic heterocycles. The molecule has 0 aliphatic carbocycles. The van der Waals surface area contributed by atoms with Gasteiger partial charge in [0.2, 0.25) is 0 Å². The Morgan fingerprint density at radius 2 is 1.55 bits per heavy atom. The minimum absolute atomic E-state index is 0.0466. The molecule has 0 amide bonds. The number of ether oxygens (including phenoxy) is 1. The Balaban J connectivity index is 2.21. The second-order valence-electron chi connectivity index (χ2n) is 8.76. The Morgan fingerprint density at radius 1 is 1.03 bits per heavy atom. The molecule has 0 bridgehead atoms. The molecule has 2 rings (SSSR count). The Morgan fingerprint density at radius 3 is 2.00 bits per heavy atom. The normalized spacial score (nSPS) is 13.6. The van der Waals surface area contributed by atoms with E-state index < -0.39 is 14.4 Å². The number of benzene rings is 2. The number of aliphatic hydroxyl groups is 1. The molecule has 1 N–H and O–H groups in total. The lowest BCUT2D eigenvalue weighted by Crippen LogP contribution is -2.66. The van der Waals surface area contributed by atoms with Gasteiger partial charge in [-0.2, -0.15) is 0 Å². The third kappa shape index (κ3) is 6.54. The van der Waals surface area contributed by atoms with Crippen molar-refractivity contribution >= 4 is 24.7 Å². The SMILES string of the molecule is CC(=O)OCC#C[C@@H](C)[C@@H](O)CCO[Si](c1ccccc1)(c1ccccc1)C(C)(C)C. The fraction of sp³-hybridized carbons (Fsp3) is 0.423. The van der Waals surface area contributed by atoms with Gasteiger partial charge in [0, 0.05) is 19.4 Å². The second-order valence-corrected chi connectivity index (χ2v) is 13.1. The first-order valence-electron chi connectivity index (χ1n) is 10.7. The van der Waals surface area contributed by atoms with Crippen LogP contribution in [0, 0.1) is 17.8 Å². The van der Waals surface area contributed by atoms with Gasteiger partial charge in [-0.05, 0) is 28.8 Å². The van der Waals surface area contributed by atoms with E-state index in [-0.39, 0.29) is 23.5 Å². The van der Waals surface area contributed by atoms with Gasteiger partial charge in [-0.3, -0.25) is 4.79 Å². The van der Waals surface area contributed by atoms with Crippen LogP contribution in [0.1, 0.15) is 41.0 Å². The fourth-order valence-corrected chi connectivity index (χ4v) is 8.36. The first kappa shape index (κ1) is 24.9. The monoisotopic (exact) mass is 438 g/mol. The van der Waals surface area contributed by atoms with Crippen molar-refractivity contribution in [2.45, 2.75) is 52.2 Å². The van der Waals surface area contributed by atoms with Crippen molar-refractivity contribution < 1.29 is 19.1 Å². The first-order chi connectivity index (χ1) is 14.7. The highest BCUT2D eigenvalue weighted by molar-refractivity contribution is 6.99. The van der Waals surface area contributed by atoms with Gasteiger partial charge in [0.25, 0.3) is 8.32 Å². The van der Waals surface area contributed by atoms with Crippen LogP contribution in [-0.4, -0.2) is 38.7 Å². The molecule has 0 aliphatic heterocycles. The van der Waals surface area contributed by atoms with E-state index in [0.717, 1.165) is 0 Å². The van der Waals surface area contributed by atoms with Gasteiger partial charge in [-0.15, -0.1) is 0 Å². The minimum atomic E-state index is -2.60. The molecule has 0 heterocycles. The van der Waals surface area contributed by atoms with Crippen molar-refractivity contribution in [2.24, 2.45) is 5.92 Å². The van der Waals surface area contributed by atoms with Crippen LogP contribution in [0.3, 0.4) is 0 Å². The number of carbonyl (C=O) groups is 1. The predicted octanol–water partition coefficient (Wildman–Crippen LogP) is 3.52. The quantitative estimate of drug-likeness (QED) is 0.389. The van der Waals surface area contributed by atoms with Gasteiger partial charge in [-0.25, -0.2) is 0 Å². The summed E-state index contributed by atoms with van der Waals surface area (Å²) in [6, 6.07) is 20.9. The van der Waals surface area contributed by atoms with Crippen molar-refractivity contribution in [3.63, 3.8) is 0 Å². The van der Waals surface area contributed by atoms with Crippen LogP contribution in [0.4, 0.5) is 0 Å². The van der Waals surface area contributed by atoms with E-state index in [4.69, 9.17) is 9.16 Å². The van der Waals surface area contributed by atoms with Crippen molar-refractivity contribution in [2.75, 3.05) is 13.2 Å². The molecule has 0 fully saturated rings. The zero-order valence-electron chi connectivity index (χ0n) is 19.2. The van der Waals surface area contributed by atoms with Crippen molar-refractivity contribution in [3.8, 4) is 11.8 Å². The average molecular weight is 439 g/mol. The number of esters is 1. The Labute approximate surface area is 187 Å². The highest BCUT2D eigenvalue weighted by atomic mass is 28.4. The van der Waals surface area contributed by atoms with Gasteiger partial charge in [0.15, 0.2) is 6.61 Å². The molecule has 2 aromatic carbocycles. The summed E-state index contributed by atoms with van der Waals surface area (Å²) in [5.74, 6) is 5.15. The molecular weight excluding hydrogens is 404 g/mol. The van der Waals surface area contributed by atoms with E-state index in [1.165, 1.54) is 17.3 Å². The summed E-state index contributed by atoms with van der Waals surface area (Å²) in [6.07, 6.45) is -0.142. The van der Waals surface area contributed by atoms with Gasteiger partial charge < -0.3 is 14.3 Å². The van der Waals surface area contributed by atoms with E-state index in [0.29, 0.717) is 13.0 Å². The Hall–Kier alpha value is -2.39. The minimum Gasteiger partial charge on any atom is -0.453 e. The Bertz CT molecular complexity index is 839. The molecule has 4 nitrogen and oxygen atoms in total. The summed E-state index contributed by atoms with van der Waals surface area (Å²) < 4.78 is 11.6. The van der Waals surface area contributed by atoms with Gasteiger partial charge in [0.05, 0.1) is 6.10 Å². The lowest BCUT2D eigenvalue weighted by molar-refractivity contribution is -0.139. The molecule has 166 valence electrons. The summed E-state index contributed by atoms with van der Waals surface area (Å²) in [5, 5.41) is 12.9. The maximum Gasteiger partial charge on any atom is 0.303 e. The summed E-state index contributed by atoms with van der Waals surface area (Å²) in [5.41, 5.74) is 0. The zero-order valence-corrected chi connectivity index (χ0v) is 20.2. The van der Waals surface area contributed by atoms with Gasteiger partial charge in [0.1, 0.15) is 0 Å². The molecule has 0 saturated heterocycles. The van der Waals surface area contributed by atoms with Crippen LogP contribution >= 0.6 is 0 Å². The summed E-state index contributed by atoms with van der Waals surface area (Å²) in [7, 11) is -2.60. The Kier molecular flexibility index (Phi) is 9.06. The number of hydrogen-bond acceptors (Lipinski definition) is 4. The molecule has 2 aromatic rings. The zero-order chi connectivity index (χ0) is 22.9.